The van der Waals surface area contributed by atoms with Crippen LogP contribution in [0.2, 0.25) is 0 Å². The Bertz CT molecular complexity index is 1270. The van der Waals surface area contributed by atoms with Crippen LogP contribution in [0.5, 0.6) is 5.75 Å². The van der Waals surface area contributed by atoms with Gasteiger partial charge in [-0.05, 0) is 12.1 Å². The minimum Gasteiger partial charge on any atom is -0.492 e. The number of morpholine rings is 1. The molecule has 3 aromatic rings. The van der Waals surface area contributed by atoms with Crippen molar-refractivity contribution in [2.45, 2.75) is 32.3 Å². The molecule has 0 radical (unpaired) electrons. The first-order valence-corrected chi connectivity index (χ1v) is 12.5. The molecule has 4 rings (SSSR count). The van der Waals surface area contributed by atoms with Gasteiger partial charge < -0.3 is 20.1 Å². The summed E-state index contributed by atoms with van der Waals surface area (Å²) < 4.78 is 13.3. The summed E-state index contributed by atoms with van der Waals surface area (Å²) in [6, 6.07) is 13.1. The Kier molecular flexibility index (Phi) is 7.99. The van der Waals surface area contributed by atoms with Crippen LogP contribution in [0.25, 0.3) is 10.8 Å². The number of ether oxygens (including phenoxy) is 2. The molecule has 1 aliphatic rings. The molecule has 3 amide bonds. The highest BCUT2D eigenvalue weighted by Crippen LogP contribution is 2.32. The Morgan fingerprint density at radius 1 is 1.14 bits per heavy atom. The molecule has 1 saturated heterocycles. The average Bonchev–Trinajstić information content (AvgIpc) is 3.25. The lowest BCUT2D eigenvalue weighted by molar-refractivity contribution is -0.138. The van der Waals surface area contributed by atoms with Gasteiger partial charge in [0.15, 0.2) is 0 Å². The van der Waals surface area contributed by atoms with Crippen LogP contribution in [0.4, 0.5) is 16.3 Å². The SMILES string of the molecule is CNC(=O)C1CN(CCOc2ccc(NC(=O)Nc3cc(C(C)(C)C)nn3C)c3ccccc23)CCO1. The maximum atomic E-state index is 12.8. The number of carbonyl (C=O) groups is 2. The number of benzene rings is 2. The van der Waals surface area contributed by atoms with E-state index in [1.807, 2.05) is 49.5 Å². The number of urea groups is 1. The van der Waals surface area contributed by atoms with E-state index in [2.05, 4.69) is 46.7 Å². The topological polar surface area (TPSA) is 110 Å². The molecule has 10 nitrogen and oxygen atoms in total. The number of amides is 3. The fourth-order valence-corrected chi connectivity index (χ4v) is 4.24. The second-order valence-electron chi connectivity index (χ2n) is 10.1. The molecule has 0 spiro atoms. The van der Waals surface area contributed by atoms with Crippen LogP contribution in [0.15, 0.2) is 42.5 Å². The van der Waals surface area contributed by atoms with E-state index >= 15 is 0 Å². The van der Waals surface area contributed by atoms with Gasteiger partial charge in [-0.15, -0.1) is 0 Å². The Morgan fingerprint density at radius 2 is 1.89 bits per heavy atom. The van der Waals surface area contributed by atoms with Crippen molar-refractivity contribution in [3.05, 3.63) is 48.2 Å². The predicted octanol–water partition coefficient (Wildman–Crippen LogP) is 3.34. The second kappa shape index (κ2) is 11.2. The second-order valence-corrected chi connectivity index (χ2v) is 10.1. The number of nitrogens with one attached hydrogen (secondary N) is 3. The number of hydrogen-bond acceptors (Lipinski definition) is 6. The lowest BCUT2D eigenvalue weighted by Gasteiger charge is -2.31. The van der Waals surface area contributed by atoms with Crippen molar-refractivity contribution in [2.24, 2.45) is 7.05 Å². The highest BCUT2D eigenvalue weighted by Gasteiger charge is 2.25. The molecule has 1 unspecified atom stereocenters. The first kappa shape index (κ1) is 26.4. The number of rotatable bonds is 7. The van der Waals surface area contributed by atoms with Gasteiger partial charge in [-0.25, -0.2) is 4.79 Å². The summed E-state index contributed by atoms with van der Waals surface area (Å²) in [5.41, 5.74) is 1.46. The van der Waals surface area contributed by atoms with Crippen molar-refractivity contribution in [3.63, 3.8) is 0 Å². The van der Waals surface area contributed by atoms with Crippen LogP contribution >= 0.6 is 0 Å². The number of likely N-dealkylation sites (N-methyl/N-ethyl adjacent to an activating group) is 1. The number of aryl methyl sites for hydroxylation is 1. The summed E-state index contributed by atoms with van der Waals surface area (Å²) in [5.74, 6) is 1.24. The molecule has 2 heterocycles. The van der Waals surface area contributed by atoms with E-state index in [9.17, 15) is 9.59 Å². The molecule has 1 aliphatic heterocycles. The number of carbonyl (C=O) groups excluding carboxylic acids is 2. The predicted molar refractivity (Wildman–Crippen MR) is 144 cm³/mol. The average molecular weight is 509 g/mol. The van der Waals surface area contributed by atoms with Gasteiger partial charge in [0, 0.05) is 56.0 Å². The van der Waals surface area contributed by atoms with Gasteiger partial charge in [-0.3, -0.25) is 19.7 Å². The van der Waals surface area contributed by atoms with Crippen molar-refractivity contribution in [1.29, 1.82) is 0 Å². The van der Waals surface area contributed by atoms with Gasteiger partial charge in [-0.1, -0.05) is 45.0 Å². The van der Waals surface area contributed by atoms with E-state index in [0.717, 1.165) is 28.8 Å². The molecule has 0 aliphatic carbocycles. The van der Waals surface area contributed by atoms with Gasteiger partial charge in [-0.2, -0.15) is 5.10 Å². The number of nitrogens with zero attached hydrogens (tertiary/aromatic N) is 3. The lowest BCUT2D eigenvalue weighted by atomic mass is 9.92. The molecule has 1 atom stereocenters. The van der Waals surface area contributed by atoms with Crippen LogP contribution in [-0.2, 0) is 22.0 Å². The summed E-state index contributed by atoms with van der Waals surface area (Å²) in [5, 5.41) is 14.8. The zero-order chi connectivity index (χ0) is 26.6. The standard InChI is InChI=1S/C27H36N6O4/c1-27(2,3)23-16-24(32(5)31-23)30-26(35)29-20-10-11-21(19-9-7-6-8-18(19)20)36-14-12-33-13-15-37-22(17-33)25(34)28-4/h6-11,16,22H,12-15,17H2,1-5H3,(H,28,34)(H2,29,30,35). The molecule has 10 heteroatoms. The van der Waals surface area contributed by atoms with Crippen molar-refractivity contribution in [3.8, 4) is 5.75 Å². The molecule has 1 aromatic heterocycles. The molecule has 1 fully saturated rings. The van der Waals surface area contributed by atoms with E-state index in [-0.39, 0.29) is 17.4 Å². The largest absolute Gasteiger partial charge is 0.492 e. The fraction of sp³-hybridized carbons (Fsp3) is 0.444. The normalized spacial score (nSPS) is 16.4. The van der Waals surface area contributed by atoms with Gasteiger partial charge in [0.1, 0.15) is 24.3 Å². The van der Waals surface area contributed by atoms with E-state index in [1.165, 1.54) is 0 Å². The highest BCUT2D eigenvalue weighted by molar-refractivity contribution is 6.07. The molecule has 0 saturated carbocycles. The molecule has 3 N–H and O–H groups in total. The van der Waals surface area contributed by atoms with E-state index in [0.29, 0.717) is 37.8 Å². The van der Waals surface area contributed by atoms with Crippen LogP contribution in [0.1, 0.15) is 26.5 Å². The van der Waals surface area contributed by atoms with Gasteiger partial charge in [0.05, 0.1) is 18.0 Å². The first-order chi connectivity index (χ1) is 17.7. The summed E-state index contributed by atoms with van der Waals surface area (Å²) in [7, 11) is 3.42. The quantitative estimate of drug-likeness (QED) is 0.452. The zero-order valence-corrected chi connectivity index (χ0v) is 22.1. The summed E-state index contributed by atoms with van der Waals surface area (Å²) in [6.45, 7) is 9.19. The third-order valence-corrected chi connectivity index (χ3v) is 6.38. The van der Waals surface area contributed by atoms with Crippen molar-refractivity contribution < 1.29 is 19.1 Å². The van der Waals surface area contributed by atoms with Crippen molar-refractivity contribution in [2.75, 3.05) is 50.5 Å². The zero-order valence-electron chi connectivity index (χ0n) is 22.1. The van der Waals surface area contributed by atoms with Crippen LogP contribution in [0, 0.1) is 0 Å². The number of aromatic nitrogens is 2. The maximum absolute atomic E-state index is 12.8. The van der Waals surface area contributed by atoms with E-state index in [4.69, 9.17) is 9.47 Å². The minimum absolute atomic E-state index is 0.109. The molecular formula is C27H36N6O4. The van der Waals surface area contributed by atoms with Crippen molar-refractivity contribution >= 4 is 34.2 Å². The monoisotopic (exact) mass is 508 g/mol. The summed E-state index contributed by atoms with van der Waals surface area (Å²) in [4.78, 5) is 26.9. The van der Waals surface area contributed by atoms with Crippen LogP contribution in [0.3, 0.4) is 0 Å². The fourth-order valence-electron chi connectivity index (χ4n) is 4.24. The minimum atomic E-state index is -0.456. The van der Waals surface area contributed by atoms with Gasteiger partial charge in [0.25, 0.3) is 0 Å². The van der Waals surface area contributed by atoms with Gasteiger partial charge in [0.2, 0.25) is 5.91 Å². The molecule has 198 valence electrons. The lowest BCUT2D eigenvalue weighted by Crippen LogP contribution is -2.50. The van der Waals surface area contributed by atoms with Gasteiger partial charge >= 0.3 is 6.03 Å². The highest BCUT2D eigenvalue weighted by atomic mass is 16.5. The Morgan fingerprint density at radius 3 is 2.59 bits per heavy atom. The Balaban J connectivity index is 1.40. The number of fused-ring (bicyclic) bond motifs is 1. The Labute approximate surface area is 217 Å². The third kappa shape index (κ3) is 6.39. The molecular weight excluding hydrogens is 472 g/mol. The number of anilines is 2. The smallest absolute Gasteiger partial charge is 0.324 e. The maximum Gasteiger partial charge on any atom is 0.324 e. The first-order valence-electron chi connectivity index (χ1n) is 12.5. The van der Waals surface area contributed by atoms with E-state index in [1.54, 1.807) is 11.7 Å². The van der Waals surface area contributed by atoms with Crippen LogP contribution < -0.4 is 20.7 Å². The van der Waals surface area contributed by atoms with Crippen LogP contribution in [-0.4, -0.2) is 72.6 Å². The summed E-state index contributed by atoms with van der Waals surface area (Å²) >= 11 is 0. The number of hydrogen-bond donors (Lipinski definition) is 3. The Hall–Kier alpha value is -3.63. The van der Waals surface area contributed by atoms with E-state index < -0.39 is 6.10 Å². The third-order valence-electron chi connectivity index (χ3n) is 6.38. The molecule has 2 aromatic carbocycles. The summed E-state index contributed by atoms with van der Waals surface area (Å²) in [6.07, 6.45) is -0.456. The molecule has 37 heavy (non-hydrogen) atoms. The molecule has 0 bridgehead atoms. The van der Waals surface area contributed by atoms with Crippen molar-refractivity contribution in [1.82, 2.24) is 20.0 Å².